The Morgan fingerprint density at radius 2 is 1.70 bits per heavy atom. The minimum Gasteiger partial charge on any atom is -0.325 e. The molecule has 1 aromatic carbocycles. The molecule has 0 saturated heterocycles. The van der Waals surface area contributed by atoms with Crippen molar-refractivity contribution in [3.8, 4) is 0 Å². The highest BCUT2D eigenvalue weighted by Gasteiger charge is 2.18. The van der Waals surface area contributed by atoms with Gasteiger partial charge in [0, 0.05) is 16.6 Å². The fourth-order valence-electron chi connectivity index (χ4n) is 2.55. The van der Waals surface area contributed by atoms with Crippen LogP contribution in [-0.2, 0) is 11.8 Å². The zero-order valence-electron chi connectivity index (χ0n) is 13.5. The topological polar surface area (TPSA) is 38.9 Å². The Morgan fingerprint density at radius 1 is 1.05 bits per heavy atom. The first-order valence-corrected chi connectivity index (χ1v) is 7.26. The molecule has 108 valence electrons. The van der Waals surface area contributed by atoms with E-state index in [0.717, 1.165) is 17.6 Å². The molecule has 0 aliphatic carbocycles. The van der Waals surface area contributed by atoms with Crippen LogP contribution in [0.2, 0.25) is 0 Å². The van der Waals surface area contributed by atoms with E-state index < -0.39 is 0 Å². The molecule has 2 rings (SSSR count). The molecule has 0 radical (unpaired) electrons. The molecule has 1 aromatic heterocycles. The van der Waals surface area contributed by atoms with Crippen molar-refractivity contribution >= 4 is 10.9 Å². The maximum Gasteiger partial charge on any atom is 0.0708 e. The fourth-order valence-corrected chi connectivity index (χ4v) is 2.55. The zero-order chi connectivity index (χ0) is 15.1. The van der Waals surface area contributed by atoms with Crippen LogP contribution >= 0.6 is 0 Å². The van der Waals surface area contributed by atoms with Crippen LogP contribution in [0.4, 0.5) is 0 Å². The molecular formula is C18H26N2. The van der Waals surface area contributed by atoms with Crippen LogP contribution in [0, 0.1) is 6.92 Å². The van der Waals surface area contributed by atoms with Gasteiger partial charge in [-0.05, 0) is 61.9 Å². The molecule has 0 spiro atoms. The van der Waals surface area contributed by atoms with Gasteiger partial charge in [-0.2, -0.15) is 0 Å². The number of rotatable bonds is 2. The van der Waals surface area contributed by atoms with Crippen molar-refractivity contribution < 1.29 is 0 Å². The molecule has 2 N–H and O–H groups in total. The molecule has 1 heterocycles. The Kier molecular flexibility index (Phi) is 3.64. The molecule has 0 bridgehead atoms. The summed E-state index contributed by atoms with van der Waals surface area (Å²) >= 11 is 0. The maximum absolute atomic E-state index is 6.21. The van der Waals surface area contributed by atoms with Crippen LogP contribution in [0.3, 0.4) is 0 Å². The molecule has 0 atom stereocenters. The van der Waals surface area contributed by atoms with E-state index in [1.54, 1.807) is 0 Å². The Bertz CT molecular complexity index is 628. The van der Waals surface area contributed by atoms with Gasteiger partial charge in [-0.3, -0.25) is 4.98 Å². The lowest BCUT2D eigenvalue weighted by Gasteiger charge is -2.22. The van der Waals surface area contributed by atoms with Gasteiger partial charge in [0.05, 0.1) is 5.52 Å². The molecule has 0 fully saturated rings. The maximum atomic E-state index is 6.21. The predicted octanol–water partition coefficient (Wildman–Crippen LogP) is 4.12. The van der Waals surface area contributed by atoms with E-state index in [1.165, 1.54) is 16.5 Å². The van der Waals surface area contributed by atoms with Crippen molar-refractivity contribution in [2.75, 3.05) is 0 Å². The molecule has 0 saturated carbocycles. The number of hydrogen-bond donors (Lipinski definition) is 1. The Balaban J connectivity index is 2.65. The van der Waals surface area contributed by atoms with Crippen LogP contribution in [0.25, 0.3) is 10.9 Å². The summed E-state index contributed by atoms with van der Waals surface area (Å²) in [5.74, 6) is 0. The predicted molar refractivity (Wildman–Crippen MR) is 87.2 cm³/mol. The minimum atomic E-state index is -0.210. The van der Waals surface area contributed by atoms with Crippen molar-refractivity contribution in [1.82, 2.24) is 4.98 Å². The van der Waals surface area contributed by atoms with Gasteiger partial charge in [0.2, 0.25) is 0 Å². The number of aryl methyl sites for hydroxylation is 1. The summed E-state index contributed by atoms with van der Waals surface area (Å²) in [7, 11) is 0. The van der Waals surface area contributed by atoms with E-state index in [1.807, 2.05) is 6.92 Å². The highest BCUT2D eigenvalue weighted by Crippen LogP contribution is 2.28. The van der Waals surface area contributed by atoms with Crippen LogP contribution in [0.15, 0.2) is 24.3 Å². The highest BCUT2D eigenvalue weighted by atomic mass is 14.7. The van der Waals surface area contributed by atoms with Gasteiger partial charge in [0.15, 0.2) is 0 Å². The van der Waals surface area contributed by atoms with Gasteiger partial charge in [-0.1, -0.05) is 26.8 Å². The first-order chi connectivity index (χ1) is 9.06. The third kappa shape index (κ3) is 3.37. The van der Waals surface area contributed by atoms with E-state index in [4.69, 9.17) is 5.73 Å². The minimum absolute atomic E-state index is 0.147. The first-order valence-electron chi connectivity index (χ1n) is 7.26. The summed E-state index contributed by atoms with van der Waals surface area (Å²) in [4.78, 5) is 4.65. The highest BCUT2D eigenvalue weighted by molar-refractivity contribution is 5.83. The van der Waals surface area contributed by atoms with Gasteiger partial charge >= 0.3 is 0 Å². The van der Waals surface area contributed by atoms with Crippen molar-refractivity contribution in [2.24, 2.45) is 5.73 Å². The number of aromatic nitrogens is 1. The molecule has 2 heteroatoms. The van der Waals surface area contributed by atoms with Crippen molar-refractivity contribution in [3.63, 3.8) is 0 Å². The summed E-state index contributed by atoms with van der Waals surface area (Å²) in [6, 6.07) is 8.77. The third-order valence-electron chi connectivity index (χ3n) is 3.53. The van der Waals surface area contributed by atoms with Crippen LogP contribution in [-0.4, -0.2) is 10.5 Å². The number of nitrogens with zero attached hydrogens (tertiary/aromatic N) is 1. The van der Waals surface area contributed by atoms with Crippen LogP contribution in [0.5, 0.6) is 0 Å². The number of hydrogen-bond acceptors (Lipinski definition) is 2. The van der Waals surface area contributed by atoms with Crippen molar-refractivity contribution in [3.05, 3.63) is 41.1 Å². The largest absolute Gasteiger partial charge is 0.325 e. The van der Waals surface area contributed by atoms with Gasteiger partial charge in [-0.15, -0.1) is 0 Å². The van der Waals surface area contributed by atoms with E-state index >= 15 is 0 Å². The number of pyridine rings is 1. The van der Waals surface area contributed by atoms with Gasteiger partial charge in [0.1, 0.15) is 0 Å². The molecule has 20 heavy (non-hydrogen) atoms. The lowest BCUT2D eigenvalue weighted by Crippen LogP contribution is -2.34. The summed E-state index contributed by atoms with van der Waals surface area (Å²) in [6.45, 7) is 12.9. The fraction of sp³-hybridized carbons (Fsp3) is 0.500. The second-order valence-electron chi connectivity index (χ2n) is 7.57. The lowest BCUT2D eigenvalue weighted by molar-refractivity contribution is 0.518. The normalized spacial score (nSPS) is 12.9. The third-order valence-corrected chi connectivity index (χ3v) is 3.53. The van der Waals surface area contributed by atoms with Crippen molar-refractivity contribution in [1.29, 1.82) is 0 Å². The number of fused-ring (bicyclic) bond motifs is 1. The standard InChI is InChI=1S/C18H26N2/c1-12-9-13(11-18(5,6)19)15-10-14(17(2,3)4)7-8-16(15)20-12/h7-10H,11,19H2,1-6H3. The summed E-state index contributed by atoms with van der Waals surface area (Å²) < 4.78 is 0. The molecule has 0 aliphatic rings. The number of benzene rings is 1. The average Bonchev–Trinajstić information content (AvgIpc) is 2.24. The zero-order valence-corrected chi connectivity index (χ0v) is 13.5. The van der Waals surface area contributed by atoms with E-state index in [0.29, 0.717) is 0 Å². The first kappa shape index (κ1) is 15.0. The SMILES string of the molecule is Cc1cc(CC(C)(C)N)c2cc(C(C)(C)C)ccc2n1. The van der Waals surface area contributed by atoms with Gasteiger partial charge < -0.3 is 5.73 Å². The van der Waals surface area contributed by atoms with E-state index in [-0.39, 0.29) is 11.0 Å². The van der Waals surface area contributed by atoms with Crippen LogP contribution < -0.4 is 5.73 Å². The van der Waals surface area contributed by atoms with Gasteiger partial charge in [0.25, 0.3) is 0 Å². The monoisotopic (exact) mass is 270 g/mol. The molecule has 0 amide bonds. The second kappa shape index (κ2) is 4.85. The Labute approximate surface area is 122 Å². The summed E-state index contributed by atoms with van der Waals surface area (Å²) in [5, 5.41) is 1.24. The van der Waals surface area contributed by atoms with E-state index in [9.17, 15) is 0 Å². The summed E-state index contributed by atoms with van der Waals surface area (Å²) in [6.07, 6.45) is 0.862. The van der Waals surface area contributed by atoms with Crippen molar-refractivity contribution in [2.45, 2.75) is 58.9 Å². The van der Waals surface area contributed by atoms with E-state index in [2.05, 4.69) is 63.9 Å². The van der Waals surface area contributed by atoms with Crippen LogP contribution in [0.1, 0.15) is 51.4 Å². The van der Waals surface area contributed by atoms with Gasteiger partial charge in [-0.25, -0.2) is 0 Å². The Morgan fingerprint density at radius 3 is 2.25 bits per heavy atom. The lowest BCUT2D eigenvalue weighted by atomic mass is 9.85. The Hall–Kier alpha value is -1.41. The quantitative estimate of drug-likeness (QED) is 0.891. The molecule has 0 unspecified atom stereocenters. The average molecular weight is 270 g/mol. The molecular weight excluding hydrogens is 244 g/mol. The molecule has 0 aliphatic heterocycles. The second-order valence-corrected chi connectivity index (χ2v) is 7.57. The smallest absolute Gasteiger partial charge is 0.0708 e. The number of nitrogens with two attached hydrogens (primary N) is 1. The molecule has 2 nitrogen and oxygen atoms in total. The molecule has 2 aromatic rings. The summed E-state index contributed by atoms with van der Waals surface area (Å²) in [5.41, 5.74) is 10.9.